The first kappa shape index (κ1) is 46.6. The van der Waals surface area contributed by atoms with Crippen molar-refractivity contribution in [1.29, 1.82) is 0 Å². The number of esters is 1. The highest BCUT2D eigenvalue weighted by Crippen LogP contribution is 2.39. The van der Waals surface area contributed by atoms with Crippen molar-refractivity contribution in [3.63, 3.8) is 0 Å². The van der Waals surface area contributed by atoms with Gasteiger partial charge in [-0.15, -0.1) is 0 Å². The second-order valence-corrected chi connectivity index (χ2v) is 16.2. The van der Waals surface area contributed by atoms with E-state index in [1.807, 2.05) is 12.1 Å². The molecule has 64 heavy (non-hydrogen) atoms. The standard InChI is InChI=1S/C47H51ClN6O10/c1-25(40(39-24-64-39)47(62)63-4)50-44(59)36-22-27-8-18-37(55)33(21-27)34-23-31(15-19-38(34)56)41(45(60)51-26(2)42(57)53-36)54(3)46(61)35(7-5-6-20-49)52-43(58)30-11-9-28(10-12-30)29-13-16-32(48)17-14-29/h8-19,21,23,25-26,35-36,41,55-56H,5-7,20,22,24,49H2,1-4H3,(H,50,59)(H,51,60)(H,52,58)(H,53,57)/t25-,26-,35-,36-,41-/m0/s1. The van der Waals surface area contributed by atoms with E-state index < -0.39 is 65.7 Å². The highest BCUT2D eigenvalue weighted by molar-refractivity contribution is 6.30. The van der Waals surface area contributed by atoms with Crippen LogP contribution in [0.1, 0.15) is 60.6 Å². The number of fused-ring (bicyclic) bond motifs is 5. The van der Waals surface area contributed by atoms with Gasteiger partial charge in [0, 0.05) is 35.2 Å². The number of rotatable bonds is 13. The van der Waals surface area contributed by atoms with Gasteiger partial charge < -0.3 is 51.6 Å². The van der Waals surface area contributed by atoms with E-state index in [1.54, 1.807) is 49.4 Å². The molecule has 0 saturated carbocycles. The number of carbonyl (C=O) groups excluding carboxylic acids is 6. The number of hydrogen-bond acceptors (Lipinski definition) is 11. The molecule has 0 spiro atoms. The maximum atomic E-state index is 14.6. The predicted octanol–water partition coefficient (Wildman–Crippen LogP) is 4.02. The number of carbonyl (C=O) groups is 6. The average Bonchev–Trinajstić information content (AvgIpc) is 4.12. The van der Waals surface area contributed by atoms with Crippen molar-refractivity contribution in [1.82, 2.24) is 26.2 Å². The molecule has 0 radical (unpaired) electrons. The maximum Gasteiger partial charge on any atom is 0.339 e. The summed E-state index contributed by atoms with van der Waals surface area (Å²) in [4.78, 5) is 84.2. The Balaban J connectivity index is 1.31. The fourth-order valence-electron chi connectivity index (χ4n) is 7.56. The molecule has 2 aliphatic heterocycles. The lowest BCUT2D eigenvalue weighted by Gasteiger charge is -2.32. The van der Waals surface area contributed by atoms with Gasteiger partial charge in [0.1, 0.15) is 53.6 Å². The van der Waals surface area contributed by atoms with Gasteiger partial charge in [-0.1, -0.05) is 48.0 Å². The van der Waals surface area contributed by atoms with E-state index >= 15 is 0 Å². The zero-order chi connectivity index (χ0) is 46.2. The van der Waals surface area contributed by atoms with Gasteiger partial charge in [0.15, 0.2) is 0 Å². The monoisotopic (exact) mass is 894 g/mol. The molecule has 5 amide bonds. The van der Waals surface area contributed by atoms with Crippen LogP contribution in [0.5, 0.6) is 11.5 Å². The Morgan fingerprint density at radius 3 is 2.14 bits per heavy atom. The zero-order valence-corrected chi connectivity index (χ0v) is 36.5. The average molecular weight is 895 g/mol. The number of benzene rings is 4. The summed E-state index contributed by atoms with van der Waals surface area (Å²) in [5.74, 6) is -4.24. The summed E-state index contributed by atoms with van der Waals surface area (Å²) in [6.45, 7) is 3.51. The summed E-state index contributed by atoms with van der Waals surface area (Å²) < 4.78 is 10.1. The van der Waals surface area contributed by atoms with Crippen molar-refractivity contribution in [3.05, 3.63) is 118 Å². The van der Waals surface area contributed by atoms with E-state index in [9.17, 15) is 39.0 Å². The Hall–Kier alpha value is -6.91. The Morgan fingerprint density at radius 2 is 1.52 bits per heavy atom. The van der Waals surface area contributed by atoms with Crippen molar-refractivity contribution in [3.8, 4) is 33.8 Å². The molecule has 2 aliphatic rings. The van der Waals surface area contributed by atoms with E-state index in [0.29, 0.717) is 35.7 Å². The molecule has 1 saturated heterocycles. The van der Waals surface area contributed by atoms with E-state index in [-0.39, 0.29) is 58.8 Å². The van der Waals surface area contributed by atoms with Crippen LogP contribution in [0, 0.1) is 0 Å². The first-order valence-corrected chi connectivity index (χ1v) is 21.1. The number of aromatic hydroxyl groups is 2. The minimum Gasteiger partial charge on any atom is -0.507 e. The topological polar surface area (TPSA) is 242 Å². The minimum absolute atomic E-state index is 0.105. The van der Waals surface area contributed by atoms with E-state index in [2.05, 4.69) is 21.3 Å². The number of hydrogen-bond donors (Lipinski definition) is 7. The number of phenolic OH excluding ortho intramolecular Hbond substituents is 2. The molecule has 0 aliphatic carbocycles. The number of nitrogens with zero attached hydrogens (tertiary/aromatic N) is 1. The number of nitrogens with two attached hydrogens (primary N) is 1. The molecule has 2 heterocycles. The lowest BCUT2D eigenvalue weighted by molar-refractivity contribution is -0.141. The smallest absolute Gasteiger partial charge is 0.339 e. The number of methoxy groups -OCH3 is 1. The van der Waals surface area contributed by atoms with Crippen LogP contribution in [0.25, 0.3) is 22.3 Å². The van der Waals surface area contributed by atoms with Crippen LogP contribution in [0.4, 0.5) is 0 Å². The molecule has 5 atom stereocenters. The Morgan fingerprint density at radius 1 is 0.891 bits per heavy atom. The van der Waals surface area contributed by atoms with Crippen LogP contribution >= 0.6 is 11.6 Å². The molecule has 4 aromatic rings. The molecule has 1 fully saturated rings. The van der Waals surface area contributed by atoms with Crippen LogP contribution in [-0.4, -0.2) is 102 Å². The molecule has 6 rings (SSSR count). The molecule has 0 aromatic heterocycles. The van der Waals surface area contributed by atoms with Gasteiger partial charge in [-0.3, -0.25) is 24.0 Å². The summed E-state index contributed by atoms with van der Waals surface area (Å²) in [7, 11) is 2.59. The number of nitrogens with one attached hydrogen (secondary N) is 4. The molecular weight excluding hydrogens is 844 g/mol. The molecule has 16 nitrogen and oxygen atoms in total. The largest absolute Gasteiger partial charge is 0.507 e. The van der Waals surface area contributed by atoms with Gasteiger partial charge in [0.05, 0.1) is 13.2 Å². The molecule has 0 unspecified atom stereocenters. The van der Waals surface area contributed by atoms with Gasteiger partial charge in [0.25, 0.3) is 5.91 Å². The molecule has 4 bridgehead atoms. The summed E-state index contributed by atoms with van der Waals surface area (Å²) in [5.41, 5.74) is 8.84. The van der Waals surface area contributed by atoms with Crippen LogP contribution in [0.3, 0.4) is 0 Å². The fourth-order valence-corrected chi connectivity index (χ4v) is 7.68. The van der Waals surface area contributed by atoms with Crippen molar-refractivity contribution < 1.29 is 48.5 Å². The minimum atomic E-state index is -1.45. The normalized spacial score (nSPS) is 18.7. The van der Waals surface area contributed by atoms with Crippen LogP contribution in [-0.2, 0) is 39.9 Å². The van der Waals surface area contributed by atoms with Gasteiger partial charge in [0.2, 0.25) is 23.6 Å². The summed E-state index contributed by atoms with van der Waals surface area (Å²) in [6.07, 6.45) is 1.09. The number of halogens is 1. The summed E-state index contributed by atoms with van der Waals surface area (Å²) in [6, 6.07) is 16.8. The van der Waals surface area contributed by atoms with E-state index in [1.165, 1.54) is 51.4 Å². The van der Waals surface area contributed by atoms with Crippen molar-refractivity contribution in [2.45, 2.75) is 69.7 Å². The van der Waals surface area contributed by atoms with Gasteiger partial charge in [-0.05, 0) is 110 Å². The summed E-state index contributed by atoms with van der Waals surface area (Å²) in [5, 5.41) is 33.8. The zero-order valence-electron chi connectivity index (χ0n) is 35.8. The summed E-state index contributed by atoms with van der Waals surface area (Å²) >= 11 is 6.05. The molecule has 4 aromatic carbocycles. The fraction of sp³-hybridized carbons (Fsp3) is 0.319. The Labute approximate surface area is 375 Å². The SMILES string of the molecule is COC(=O)C(=C1CO1)[C@H](C)NC(=O)[C@@H]1Cc2ccc(O)c(c2)-c2cc(ccc2O)[C@H](N(C)C(=O)[C@H](CCCCN)NC(=O)c2ccc(-c3ccc(Cl)cc3)cc2)C(=O)N[C@@H](C)C(=O)N1. The van der Waals surface area contributed by atoms with Crippen LogP contribution in [0.15, 0.2) is 96.3 Å². The number of amides is 5. The van der Waals surface area contributed by atoms with E-state index in [4.69, 9.17) is 26.8 Å². The third-order valence-electron chi connectivity index (χ3n) is 11.2. The lowest BCUT2D eigenvalue weighted by Crippen LogP contribution is -2.56. The lowest BCUT2D eigenvalue weighted by atomic mass is 9.93. The second-order valence-electron chi connectivity index (χ2n) is 15.7. The van der Waals surface area contributed by atoms with E-state index in [0.717, 1.165) is 16.0 Å². The molecular formula is C47H51ClN6O10. The van der Waals surface area contributed by atoms with Crippen molar-refractivity contribution >= 4 is 47.1 Å². The number of ether oxygens (including phenoxy) is 2. The highest BCUT2D eigenvalue weighted by atomic mass is 35.5. The second kappa shape index (κ2) is 20.5. The Bertz CT molecular complexity index is 2450. The van der Waals surface area contributed by atoms with Crippen LogP contribution < -0.4 is 27.0 Å². The number of epoxide rings is 1. The molecule has 17 heteroatoms. The first-order valence-electron chi connectivity index (χ1n) is 20.7. The number of phenols is 2. The van der Waals surface area contributed by atoms with Gasteiger partial charge in [-0.2, -0.15) is 0 Å². The van der Waals surface area contributed by atoms with Gasteiger partial charge >= 0.3 is 5.97 Å². The van der Waals surface area contributed by atoms with Crippen LogP contribution in [0.2, 0.25) is 5.02 Å². The van der Waals surface area contributed by atoms with Crippen molar-refractivity contribution in [2.75, 3.05) is 27.3 Å². The number of unbranched alkanes of at least 4 members (excludes halogenated alkanes) is 1. The Kier molecular flexibility index (Phi) is 14.9. The van der Waals surface area contributed by atoms with Gasteiger partial charge in [-0.25, -0.2) is 4.79 Å². The maximum absolute atomic E-state index is 14.6. The predicted molar refractivity (Wildman–Crippen MR) is 238 cm³/mol. The third kappa shape index (κ3) is 11.0. The van der Waals surface area contributed by atoms with Crippen molar-refractivity contribution in [2.24, 2.45) is 5.73 Å². The highest BCUT2D eigenvalue weighted by Gasteiger charge is 2.37. The third-order valence-corrected chi connectivity index (χ3v) is 11.4. The first-order chi connectivity index (χ1) is 30.6. The number of likely N-dealkylation sites (N-methyl/N-ethyl adjacent to an activating group) is 1. The quantitative estimate of drug-likeness (QED) is 0.0438. The molecule has 8 N–H and O–H groups in total. The molecule has 336 valence electrons.